The van der Waals surface area contributed by atoms with Gasteiger partial charge in [0.1, 0.15) is 0 Å². The molecule has 0 amide bonds. The van der Waals surface area contributed by atoms with Crippen LogP contribution in [0.3, 0.4) is 0 Å². The van der Waals surface area contributed by atoms with Gasteiger partial charge in [0, 0.05) is 0 Å². The molecule has 3 rings (SSSR count). The minimum absolute atomic E-state index is 0.376. The Bertz CT molecular complexity index is 864. The highest BCUT2D eigenvalue weighted by Crippen LogP contribution is 2.31. The van der Waals surface area contributed by atoms with Crippen molar-refractivity contribution in [1.82, 2.24) is 0 Å². The number of hydrogen-bond acceptors (Lipinski definition) is 4. The van der Waals surface area contributed by atoms with E-state index in [0.29, 0.717) is 9.79 Å². The molecule has 2 N–H and O–H groups in total. The smallest absolute Gasteiger partial charge is 0.264 e. The molecular weight excluding hydrogens is 328 g/mol. The lowest BCUT2D eigenvalue weighted by Crippen LogP contribution is -2.04. The van der Waals surface area contributed by atoms with Crippen molar-refractivity contribution in [3.8, 4) is 0 Å². The van der Waals surface area contributed by atoms with Crippen molar-refractivity contribution < 1.29 is 25.9 Å². The van der Waals surface area contributed by atoms with E-state index in [1.807, 2.05) is 36.4 Å². The molecule has 0 unspecified atom stereocenters. The molecule has 0 saturated carbocycles. The van der Waals surface area contributed by atoms with Gasteiger partial charge in [-0.1, -0.05) is 48.6 Å². The largest absolute Gasteiger partial charge is 0.394 e. The highest BCUT2D eigenvalue weighted by Gasteiger charge is 2.24. The summed E-state index contributed by atoms with van der Waals surface area (Å²) in [7, 11) is -8.07. The molecule has 22 heavy (non-hydrogen) atoms. The Labute approximate surface area is 128 Å². The van der Waals surface area contributed by atoms with Crippen molar-refractivity contribution in [3.05, 3.63) is 59.7 Å². The Morgan fingerprint density at radius 2 is 1.05 bits per heavy atom. The lowest BCUT2D eigenvalue weighted by atomic mass is 10.1. The summed E-state index contributed by atoms with van der Waals surface area (Å²) in [5.74, 6) is 0. The molecule has 0 fully saturated rings. The van der Waals surface area contributed by atoms with Crippen molar-refractivity contribution in [2.75, 3.05) is 0 Å². The summed E-state index contributed by atoms with van der Waals surface area (Å²) in [6.07, 6.45) is 3.69. The molecular formula is C14H12O6S2. The number of fused-ring (bicyclic) bond motifs is 2. The van der Waals surface area contributed by atoms with Gasteiger partial charge in [-0.15, -0.1) is 0 Å². The van der Waals surface area contributed by atoms with Gasteiger partial charge in [-0.2, -0.15) is 8.42 Å². The molecule has 0 spiro atoms. The Kier molecular flexibility index (Phi) is 4.47. The SMILES string of the molecule is O=S(=O)(O)O.O=S1(=O)c2ccccc2C=Cc2ccccc21. The number of rotatable bonds is 0. The summed E-state index contributed by atoms with van der Waals surface area (Å²) in [5.41, 5.74) is 1.48. The topological polar surface area (TPSA) is 109 Å². The second-order valence-corrected chi connectivity index (χ2v) is 7.14. The Balaban J connectivity index is 0.000000309. The zero-order chi connectivity index (χ0) is 16.4. The van der Waals surface area contributed by atoms with Gasteiger partial charge < -0.3 is 0 Å². The van der Waals surface area contributed by atoms with Crippen LogP contribution >= 0.6 is 0 Å². The van der Waals surface area contributed by atoms with E-state index in [0.717, 1.165) is 11.1 Å². The molecule has 0 saturated heterocycles. The fourth-order valence-corrected chi connectivity index (χ4v) is 3.67. The van der Waals surface area contributed by atoms with Gasteiger partial charge in [0.25, 0.3) is 0 Å². The molecule has 8 heteroatoms. The fraction of sp³-hybridized carbons (Fsp3) is 0. The molecule has 6 nitrogen and oxygen atoms in total. The zero-order valence-corrected chi connectivity index (χ0v) is 12.8. The number of benzene rings is 2. The van der Waals surface area contributed by atoms with Crippen LogP contribution in [-0.2, 0) is 20.2 Å². The first-order valence-corrected chi connectivity index (χ1v) is 8.89. The summed E-state index contributed by atoms with van der Waals surface area (Å²) in [6, 6.07) is 14.1. The van der Waals surface area contributed by atoms with Crippen LogP contribution in [0.1, 0.15) is 11.1 Å². The predicted octanol–water partition coefficient (Wildman–Crippen LogP) is 2.35. The van der Waals surface area contributed by atoms with Crippen LogP contribution in [0.5, 0.6) is 0 Å². The van der Waals surface area contributed by atoms with E-state index >= 15 is 0 Å². The van der Waals surface area contributed by atoms with E-state index in [4.69, 9.17) is 17.5 Å². The van der Waals surface area contributed by atoms with Crippen molar-refractivity contribution in [2.45, 2.75) is 9.79 Å². The standard InChI is InChI=1S/C14H10O2S.H2O4S/c15-17(16)13-7-3-1-5-11(13)9-10-12-6-2-4-8-14(12)17;1-5(2,3)4/h1-10H;(H2,1,2,3,4). The van der Waals surface area contributed by atoms with Gasteiger partial charge in [0.05, 0.1) is 9.79 Å². The van der Waals surface area contributed by atoms with E-state index < -0.39 is 20.2 Å². The van der Waals surface area contributed by atoms with Gasteiger partial charge in [-0.25, -0.2) is 8.42 Å². The van der Waals surface area contributed by atoms with E-state index in [1.165, 1.54) is 0 Å². The number of hydrogen-bond donors (Lipinski definition) is 2. The first-order chi connectivity index (χ1) is 10.2. The Morgan fingerprint density at radius 3 is 1.41 bits per heavy atom. The third kappa shape index (κ3) is 3.80. The van der Waals surface area contributed by atoms with Crippen molar-refractivity contribution >= 4 is 32.4 Å². The highest BCUT2D eigenvalue weighted by molar-refractivity contribution is 7.91. The predicted molar refractivity (Wildman–Crippen MR) is 81.4 cm³/mol. The molecule has 116 valence electrons. The minimum Gasteiger partial charge on any atom is -0.264 e. The molecule has 1 heterocycles. The highest BCUT2D eigenvalue weighted by atomic mass is 32.3. The van der Waals surface area contributed by atoms with Crippen molar-refractivity contribution in [1.29, 1.82) is 0 Å². The van der Waals surface area contributed by atoms with Gasteiger partial charge in [-0.3, -0.25) is 9.11 Å². The lowest BCUT2D eigenvalue weighted by Gasteiger charge is -2.07. The van der Waals surface area contributed by atoms with Gasteiger partial charge in [0.2, 0.25) is 9.84 Å². The number of sulfone groups is 1. The third-order valence-electron chi connectivity index (χ3n) is 2.86. The van der Waals surface area contributed by atoms with Gasteiger partial charge in [0.15, 0.2) is 0 Å². The first-order valence-electron chi connectivity index (χ1n) is 6.01. The van der Waals surface area contributed by atoms with Crippen LogP contribution < -0.4 is 0 Å². The van der Waals surface area contributed by atoms with Gasteiger partial charge in [-0.05, 0) is 23.3 Å². The molecule has 2 aromatic carbocycles. The molecule has 1 aliphatic rings. The third-order valence-corrected chi connectivity index (χ3v) is 4.76. The second kappa shape index (κ2) is 6.01. The maximum absolute atomic E-state index is 12.5. The minimum atomic E-state index is -4.67. The quantitative estimate of drug-likeness (QED) is 0.608. The molecule has 2 aromatic rings. The van der Waals surface area contributed by atoms with Crippen LogP contribution in [0, 0.1) is 0 Å². The van der Waals surface area contributed by atoms with E-state index in [1.54, 1.807) is 24.3 Å². The molecule has 0 aliphatic carbocycles. The van der Waals surface area contributed by atoms with Crippen LogP contribution in [0.4, 0.5) is 0 Å². The maximum Gasteiger partial charge on any atom is 0.394 e. The molecule has 1 aliphatic heterocycles. The van der Waals surface area contributed by atoms with Crippen LogP contribution in [0.2, 0.25) is 0 Å². The summed E-state index contributed by atoms with van der Waals surface area (Å²) in [4.78, 5) is 0.752. The summed E-state index contributed by atoms with van der Waals surface area (Å²) < 4.78 is 56.5. The van der Waals surface area contributed by atoms with Crippen LogP contribution in [0.25, 0.3) is 12.2 Å². The normalized spacial score (nSPS) is 14.8. The summed E-state index contributed by atoms with van der Waals surface area (Å²) >= 11 is 0. The molecule has 0 radical (unpaired) electrons. The first kappa shape index (κ1) is 16.4. The summed E-state index contributed by atoms with van der Waals surface area (Å²) in [6.45, 7) is 0. The average molecular weight is 340 g/mol. The van der Waals surface area contributed by atoms with E-state index in [-0.39, 0.29) is 0 Å². The van der Waals surface area contributed by atoms with Crippen molar-refractivity contribution in [3.63, 3.8) is 0 Å². The molecule has 0 atom stereocenters. The van der Waals surface area contributed by atoms with Crippen LogP contribution in [0.15, 0.2) is 58.3 Å². The Hall–Kier alpha value is -2.00. The monoisotopic (exact) mass is 340 g/mol. The maximum atomic E-state index is 12.5. The average Bonchev–Trinajstić information content (AvgIpc) is 2.54. The van der Waals surface area contributed by atoms with E-state index in [2.05, 4.69) is 0 Å². The molecule has 0 bridgehead atoms. The van der Waals surface area contributed by atoms with Gasteiger partial charge >= 0.3 is 10.4 Å². The van der Waals surface area contributed by atoms with Crippen molar-refractivity contribution in [2.24, 2.45) is 0 Å². The zero-order valence-electron chi connectivity index (χ0n) is 11.1. The summed E-state index contributed by atoms with van der Waals surface area (Å²) in [5, 5.41) is 0. The van der Waals surface area contributed by atoms with E-state index in [9.17, 15) is 8.42 Å². The Morgan fingerprint density at radius 1 is 0.727 bits per heavy atom. The molecule has 0 aromatic heterocycles. The second-order valence-electron chi connectivity index (χ2n) is 4.36. The lowest BCUT2D eigenvalue weighted by molar-refractivity contribution is 0.381. The fourth-order valence-electron chi connectivity index (χ4n) is 2.02. The van der Waals surface area contributed by atoms with Crippen LogP contribution in [-0.4, -0.2) is 25.9 Å².